The fraction of sp³-hybridized carbons (Fsp3) is 0. The lowest BCUT2D eigenvalue weighted by Gasteiger charge is -2.08. The summed E-state index contributed by atoms with van der Waals surface area (Å²) in [5.41, 5.74) is -0.233. The number of hydrogen-bond acceptors (Lipinski definition) is 4. The van der Waals surface area contributed by atoms with E-state index in [1.165, 1.54) is 12.1 Å². The number of benzene rings is 2. The Morgan fingerprint density at radius 1 is 1.14 bits per heavy atom. The lowest BCUT2D eigenvalue weighted by molar-refractivity contribution is -0.385. The average Bonchev–Trinajstić information content (AvgIpc) is 2.41. The van der Waals surface area contributed by atoms with Gasteiger partial charge in [0.1, 0.15) is 5.82 Å². The van der Waals surface area contributed by atoms with Crippen molar-refractivity contribution in [2.75, 3.05) is 4.72 Å². The summed E-state index contributed by atoms with van der Waals surface area (Å²) >= 11 is 3.00. The molecule has 0 aliphatic rings. The summed E-state index contributed by atoms with van der Waals surface area (Å²) in [5.74, 6) is -0.562. The molecule has 0 bridgehead atoms. The highest BCUT2D eigenvalue weighted by Gasteiger charge is 2.17. The van der Waals surface area contributed by atoms with E-state index in [2.05, 4.69) is 20.7 Å². The minimum absolute atomic E-state index is 0.0363. The molecule has 0 aromatic heterocycles. The first-order chi connectivity index (χ1) is 9.79. The number of hydrogen-bond donors (Lipinski definition) is 1. The first-order valence-electron chi connectivity index (χ1n) is 5.52. The Balaban J connectivity index is 2.35. The highest BCUT2D eigenvalue weighted by Crippen LogP contribution is 2.28. The lowest BCUT2D eigenvalue weighted by atomic mass is 10.3. The monoisotopic (exact) mass is 374 g/mol. The zero-order valence-electron chi connectivity index (χ0n) is 10.3. The number of halogens is 2. The molecule has 0 saturated carbocycles. The number of rotatable bonds is 4. The molecule has 0 aliphatic carbocycles. The van der Waals surface area contributed by atoms with Gasteiger partial charge in [-0.3, -0.25) is 14.8 Å². The van der Waals surface area contributed by atoms with Crippen molar-refractivity contribution < 1.29 is 17.7 Å². The summed E-state index contributed by atoms with van der Waals surface area (Å²) < 4.78 is 39.4. The third-order valence-electron chi connectivity index (χ3n) is 2.52. The van der Waals surface area contributed by atoms with Crippen LogP contribution in [-0.4, -0.2) is 13.3 Å². The van der Waals surface area contributed by atoms with Crippen molar-refractivity contribution in [1.29, 1.82) is 0 Å². The number of nitrogens with zero attached hydrogens (tertiary/aromatic N) is 1. The number of sulfonamides is 1. The average molecular weight is 375 g/mol. The van der Waals surface area contributed by atoms with Gasteiger partial charge >= 0.3 is 0 Å². The summed E-state index contributed by atoms with van der Waals surface area (Å²) in [6.07, 6.45) is 0. The highest BCUT2D eigenvalue weighted by atomic mass is 79.9. The Morgan fingerprint density at radius 3 is 2.33 bits per heavy atom. The van der Waals surface area contributed by atoms with Crippen molar-refractivity contribution in [3.05, 3.63) is 62.9 Å². The van der Waals surface area contributed by atoms with Crippen molar-refractivity contribution in [3.63, 3.8) is 0 Å². The molecule has 2 aromatic rings. The minimum atomic E-state index is -3.94. The molecule has 0 amide bonds. The molecule has 1 N–H and O–H groups in total. The Kier molecular flexibility index (Phi) is 4.24. The predicted molar refractivity (Wildman–Crippen MR) is 78.0 cm³/mol. The molecule has 0 fully saturated rings. The van der Waals surface area contributed by atoms with Crippen LogP contribution in [0.2, 0.25) is 0 Å². The van der Waals surface area contributed by atoms with Crippen LogP contribution in [0.1, 0.15) is 0 Å². The molecule has 0 heterocycles. The molecule has 2 rings (SSSR count). The maximum absolute atomic E-state index is 12.8. The van der Waals surface area contributed by atoms with E-state index in [1.807, 2.05) is 0 Å². The van der Waals surface area contributed by atoms with Crippen LogP contribution >= 0.6 is 15.9 Å². The van der Waals surface area contributed by atoms with E-state index in [0.717, 1.165) is 30.3 Å². The van der Waals surface area contributed by atoms with Gasteiger partial charge in [0.05, 0.1) is 20.0 Å². The van der Waals surface area contributed by atoms with Gasteiger partial charge in [0.2, 0.25) is 0 Å². The zero-order chi connectivity index (χ0) is 15.6. The maximum atomic E-state index is 12.8. The van der Waals surface area contributed by atoms with E-state index < -0.39 is 20.8 Å². The van der Waals surface area contributed by atoms with Gasteiger partial charge in [-0.1, -0.05) is 0 Å². The Labute approximate surface area is 127 Å². The smallest absolute Gasteiger partial charge is 0.279 e. The van der Waals surface area contributed by atoms with E-state index >= 15 is 0 Å². The van der Waals surface area contributed by atoms with Crippen molar-refractivity contribution >= 4 is 37.3 Å². The van der Waals surface area contributed by atoms with Gasteiger partial charge in [-0.2, -0.15) is 0 Å². The molecule has 2 aromatic carbocycles. The molecular weight excluding hydrogens is 367 g/mol. The standard InChI is InChI=1S/C12H8BrFN2O4S/c13-11-6-3-9(7-12(11)16(17)18)15-21(19,20)10-4-1-8(14)2-5-10/h1-7,15H. The first kappa shape index (κ1) is 15.4. The van der Waals surface area contributed by atoms with Crippen LogP contribution < -0.4 is 4.72 Å². The summed E-state index contributed by atoms with van der Waals surface area (Å²) in [7, 11) is -3.94. The SMILES string of the molecule is O=[N+]([O-])c1cc(NS(=O)(=O)c2ccc(F)cc2)ccc1Br. The second-order valence-electron chi connectivity index (χ2n) is 3.98. The number of nitro benzene ring substituents is 1. The molecule has 0 saturated heterocycles. The van der Waals surface area contributed by atoms with Gasteiger partial charge in [0, 0.05) is 6.07 Å². The maximum Gasteiger partial charge on any atom is 0.285 e. The van der Waals surface area contributed by atoms with Crippen LogP contribution in [0, 0.1) is 15.9 Å². The molecule has 110 valence electrons. The van der Waals surface area contributed by atoms with E-state index in [4.69, 9.17) is 0 Å². The summed E-state index contributed by atoms with van der Waals surface area (Å²) in [6, 6.07) is 8.05. The Bertz CT molecular complexity index is 793. The van der Waals surface area contributed by atoms with Crippen LogP contribution in [-0.2, 0) is 10.0 Å². The van der Waals surface area contributed by atoms with Crippen molar-refractivity contribution in [2.45, 2.75) is 4.90 Å². The zero-order valence-corrected chi connectivity index (χ0v) is 12.7. The minimum Gasteiger partial charge on any atom is -0.279 e. The van der Waals surface area contributed by atoms with Crippen LogP contribution in [0.5, 0.6) is 0 Å². The van der Waals surface area contributed by atoms with E-state index in [-0.39, 0.29) is 20.7 Å². The molecule has 21 heavy (non-hydrogen) atoms. The van der Waals surface area contributed by atoms with Gasteiger partial charge in [-0.25, -0.2) is 12.8 Å². The number of anilines is 1. The van der Waals surface area contributed by atoms with Crippen molar-refractivity contribution in [3.8, 4) is 0 Å². The highest BCUT2D eigenvalue weighted by molar-refractivity contribution is 9.10. The summed E-state index contributed by atoms with van der Waals surface area (Å²) in [6.45, 7) is 0. The van der Waals surface area contributed by atoms with Gasteiger partial charge in [-0.15, -0.1) is 0 Å². The first-order valence-corrected chi connectivity index (χ1v) is 7.79. The molecule has 0 radical (unpaired) electrons. The second kappa shape index (κ2) is 5.78. The van der Waals surface area contributed by atoms with Gasteiger partial charge in [0.25, 0.3) is 15.7 Å². The normalized spacial score (nSPS) is 11.1. The molecule has 0 atom stereocenters. The van der Waals surface area contributed by atoms with Gasteiger partial charge in [-0.05, 0) is 52.3 Å². The fourth-order valence-electron chi connectivity index (χ4n) is 1.54. The predicted octanol–water partition coefficient (Wildman–Crippen LogP) is 3.30. The third kappa shape index (κ3) is 3.56. The summed E-state index contributed by atoms with van der Waals surface area (Å²) in [4.78, 5) is 10.0. The molecule has 0 spiro atoms. The molecule has 9 heteroatoms. The van der Waals surface area contributed by atoms with E-state index in [0.29, 0.717) is 0 Å². The van der Waals surface area contributed by atoms with E-state index in [9.17, 15) is 22.9 Å². The largest absolute Gasteiger partial charge is 0.285 e. The van der Waals surface area contributed by atoms with Crippen LogP contribution in [0.3, 0.4) is 0 Å². The van der Waals surface area contributed by atoms with Crippen LogP contribution in [0.15, 0.2) is 51.8 Å². The lowest BCUT2D eigenvalue weighted by Crippen LogP contribution is -2.13. The molecule has 0 aliphatic heterocycles. The van der Waals surface area contributed by atoms with Crippen molar-refractivity contribution in [2.24, 2.45) is 0 Å². The number of nitro groups is 1. The summed E-state index contributed by atoms with van der Waals surface area (Å²) in [5, 5.41) is 10.8. The molecule has 0 unspecified atom stereocenters. The number of nitrogens with one attached hydrogen (secondary N) is 1. The van der Waals surface area contributed by atoms with Crippen LogP contribution in [0.25, 0.3) is 0 Å². The van der Waals surface area contributed by atoms with E-state index in [1.54, 1.807) is 0 Å². The van der Waals surface area contributed by atoms with Crippen molar-refractivity contribution in [1.82, 2.24) is 0 Å². The Morgan fingerprint density at radius 2 is 1.76 bits per heavy atom. The fourth-order valence-corrected chi connectivity index (χ4v) is 2.98. The quantitative estimate of drug-likeness (QED) is 0.656. The van der Waals surface area contributed by atoms with Gasteiger partial charge in [0.15, 0.2) is 0 Å². The topological polar surface area (TPSA) is 89.3 Å². The third-order valence-corrected chi connectivity index (χ3v) is 4.59. The molecule has 6 nitrogen and oxygen atoms in total. The second-order valence-corrected chi connectivity index (χ2v) is 6.52. The Hall–Kier alpha value is -2.00. The van der Waals surface area contributed by atoms with Crippen LogP contribution in [0.4, 0.5) is 15.8 Å². The molecular formula is C12H8BrFN2O4S. The van der Waals surface area contributed by atoms with Gasteiger partial charge < -0.3 is 0 Å².